The molecule has 1 aromatic rings. The van der Waals surface area contributed by atoms with Crippen molar-refractivity contribution in [2.45, 2.75) is 24.2 Å². The molecule has 5 nitrogen and oxygen atoms in total. The summed E-state index contributed by atoms with van der Waals surface area (Å²) in [6.07, 6.45) is 2.69. The lowest BCUT2D eigenvalue weighted by Crippen LogP contribution is -2.40. The molecule has 0 spiro atoms. The highest BCUT2D eigenvalue weighted by Crippen LogP contribution is 2.27. The quantitative estimate of drug-likeness (QED) is 0.889. The van der Waals surface area contributed by atoms with Crippen LogP contribution in [0.1, 0.15) is 24.8 Å². The van der Waals surface area contributed by atoms with Crippen LogP contribution in [0.2, 0.25) is 5.02 Å². The van der Waals surface area contributed by atoms with Gasteiger partial charge in [0.05, 0.1) is 15.5 Å². The Balaban J connectivity index is 0.00000242. The first-order valence-electron chi connectivity index (χ1n) is 6.89. The van der Waals surface area contributed by atoms with Crippen LogP contribution in [-0.2, 0) is 10.0 Å². The lowest BCUT2D eigenvalue weighted by atomic mass is 9.96. The van der Waals surface area contributed by atoms with Crippen molar-refractivity contribution in [2.75, 3.05) is 19.6 Å². The molecule has 0 aliphatic carbocycles. The Labute approximate surface area is 142 Å². The van der Waals surface area contributed by atoms with Gasteiger partial charge in [0.15, 0.2) is 0 Å². The molecule has 0 saturated carbocycles. The smallest absolute Gasteiger partial charge is 0.243 e. The summed E-state index contributed by atoms with van der Waals surface area (Å²) in [5, 5.41) is 9.01. The normalized spacial score (nSPS) is 19.2. The SMILES string of the molecule is Cl.N#Cc1ccc(S(=O)(=O)N2CCCC(CCN)C2)cc1Cl. The van der Waals surface area contributed by atoms with Crippen LogP contribution in [0.15, 0.2) is 23.1 Å². The molecule has 1 atom stereocenters. The number of nitrogens with two attached hydrogens (primary N) is 1. The molecule has 0 aromatic heterocycles. The van der Waals surface area contributed by atoms with Crippen molar-refractivity contribution in [3.05, 3.63) is 28.8 Å². The molecule has 0 bridgehead atoms. The van der Waals surface area contributed by atoms with E-state index in [1.807, 2.05) is 6.07 Å². The van der Waals surface area contributed by atoms with Crippen LogP contribution in [0.25, 0.3) is 0 Å². The number of nitrogens with zero attached hydrogens (tertiary/aromatic N) is 2. The lowest BCUT2D eigenvalue weighted by Gasteiger charge is -2.31. The second kappa shape index (κ2) is 8.14. The molecular formula is C14H19Cl2N3O2S. The van der Waals surface area contributed by atoms with Gasteiger partial charge < -0.3 is 5.73 Å². The summed E-state index contributed by atoms with van der Waals surface area (Å²) in [5.74, 6) is 0.312. The summed E-state index contributed by atoms with van der Waals surface area (Å²) in [4.78, 5) is 0.139. The van der Waals surface area contributed by atoms with Crippen molar-refractivity contribution in [2.24, 2.45) is 11.7 Å². The number of nitriles is 1. The highest BCUT2D eigenvalue weighted by molar-refractivity contribution is 7.89. The molecule has 0 amide bonds. The summed E-state index contributed by atoms with van der Waals surface area (Å²) in [6, 6.07) is 6.15. The van der Waals surface area contributed by atoms with Gasteiger partial charge in [-0.3, -0.25) is 0 Å². The molecule has 1 heterocycles. The fourth-order valence-electron chi connectivity index (χ4n) is 2.61. The van der Waals surface area contributed by atoms with Gasteiger partial charge in [-0.25, -0.2) is 8.42 Å². The fraction of sp³-hybridized carbons (Fsp3) is 0.500. The number of hydrogen-bond acceptors (Lipinski definition) is 4. The Morgan fingerprint density at radius 1 is 1.45 bits per heavy atom. The third-order valence-corrected chi connectivity index (χ3v) is 5.93. The number of halogens is 2. The Kier molecular flexibility index (Phi) is 7.10. The molecule has 1 aliphatic rings. The zero-order valence-electron chi connectivity index (χ0n) is 12.0. The van der Waals surface area contributed by atoms with Gasteiger partial charge in [-0.2, -0.15) is 9.57 Å². The summed E-state index contributed by atoms with van der Waals surface area (Å²) in [5.41, 5.74) is 5.83. The second-order valence-electron chi connectivity index (χ2n) is 5.20. The van der Waals surface area contributed by atoms with Crippen LogP contribution < -0.4 is 5.73 Å². The minimum atomic E-state index is -3.56. The Morgan fingerprint density at radius 3 is 2.77 bits per heavy atom. The first kappa shape index (κ1) is 19.2. The lowest BCUT2D eigenvalue weighted by molar-refractivity contribution is 0.258. The highest BCUT2D eigenvalue weighted by Gasteiger charge is 2.30. The highest BCUT2D eigenvalue weighted by atomic mass is 35.5. The third kappa shape index (κ3) is 4.12. The van der Waals surface area contributed by atoms with Crippen LogP contribution in [0.3, 0.4) is 0 Å². The van der Waals surface area contributed by atoms with Gasteiger partial charge in [0, 0.05) is 13.1 Å². The van der Waals surface area contributed by atoms with Gasteiger partial charge in [0.2, 0.25) is 10.0 Å². The maximum atomic E-state index is 12.6. The number of hydrogen-bond donors (Lipinski definition) is 1. The molecule has 0 radical (unpaired) electrons. The third-order valence-electron chi connectivity index (χ3n) is 3.76. The van der Waals surface area contributed by atoms with Gasteiger partial charge in [-0.05, 0) is 49.9 Å². The minimum absolute atomic E-state index is 0. The van der Waals surface area contributed by atoms with Crippen LogP contribution >= 0.6 is 24.0 Å². The number of rotatable bonds is 4. The molecule has 2 rings (SSSR count). The van der Waals surface area contributed by atoms with E-state index in [1.54, 1.807) is 0 Å². The molecule has 1 aromatic carbocycles. The molecule has 2 N–H and O–H groups in total. The summed E-state index contributed by atoms with van der Waals surface area (Å²) >= 11 is 5.93. The van der Waals surface area contributed by atoms with Crippen molar-refractivity contribution < 1.29 is 8.42 Å². The van der Waals surface area contributed by atoms with E-state index >= 15 is 0 Å². The van der Waals surface area contributed by atoms with Crippen molar-refractivity contribution in [3.8, 4) is 6.07 Å². The number of benzene rings is 1. The second-order valence-corrected chi connectivity index (χ2v) is 7.55. The maximum absolute atomic E-state index is 12.6. The molecule has 1 unspecified atom stereocenters. The summed E-state index contributed by atoms with van der Waals surface area (Å²) < 4.78 is 26.8. The first-order chi connectivity index (χ1) is 9.98. The number of sulfonamides is 1. The van der Waals surface area contributed by atoms with Crippen LogP contribution in [0, 0.1) is 17.2 Å². The zero-order chi connectivity index (χ0) is 15.5. The van der Waals surface area contributed by atoms with Gasteiger partial charge >= 0.3 is 0 Å². The molecule has 1 fully saturated rings. The Morgan fingerprint density at radius 2 is 2.18 bits per heavy atom. The van der Waals surface area contributed by atoms with Gasteiger partial charge in [-0.15, -0.1) is 12.4 Å². The molecular weight excluding hydrogens is 345 g/mol. The first-order valence-corrected chi connectivity index (χ1v) is 8.70. The predicted molar refractivity (Wildman–Crippen MR) is 88.6 cm³/mol. The van der Waals surface area contributed by atoms with Gasteiger partial charge in [0.1, 0.15) is 6.07 Å². The summed E-state index contributed by atoms with van der Waals surface area (Å²) in [7, 11) is -3.56. The van der Waals surface area contributed by atoms with E-state index in [9.17, 15) is 8.42 Å². The summed E-state index contributed by atoms with van der Waals surface area (Å²) in [6.45, 7) is 1.58. The van der Waals surface area contributed by atoms with Crippen molar-refractivity contribution in [1.29, 1.82) is 5.26 Å². The Bertz CT molecular complexity index is 657. The van der Waals surface area contributed by atoms with Crippen molar-refractivity contribution in [3.63, 3.8) is 0 Å². The van der Waals surface area contributed by atoms with E-state index in [0.29, 0.717) is 25.6 Å². The van der Waals surface area contributed by atoms with E-state index in [2.05, 4.69) is 0 Å². The van der Waals surface area contributed by atoms with Crippen LogP contribution in [0.4, 0.5) is 0 Å². The maximum Gasteiger partial charge on any atom is 0.243 e. The van der Waals surface area contributed by atoms with Crippen LogP contribution in [-0.4, -0.2) is 32.4 Å². The molecule has 1 saturated heterocycles. The molecule has 22 heavy (non-hydrogen) atoms. The van der Waals surface area contributed by atoms with Gasteiger partial charge in [-0.1, -0.05) is 11.6 Å². The topological polar surface area (TPSA) is 87.2 Å². The van der Waals surface area contributed by atoms with E-state index in [-0.39, 0.29) is 27.9 Å². The monoisotopic (exact) mass is 363 g/mol. The van der Waals surface area contributed by atoms with E-state index in [0.717, 1.165) is 19.3 Å². The zero-order valence-corrected chi connectivity index (χ0v) is 14.4. The fourth-order valence-corrected chi connectivity index (χ4v) is 4.48. The van der Waals surface area contributed by atoms with Crippen molar-refractivity contribution in [1.82, 2.24) is 4.31 Å². The Hall–Kier alpha value is -0.840. The molecule has 1 aliphatic heterocycles. The average Bonchev–Trinajstić information content (AvgIpc) is 2.48. The predicted octanol–water partition coefficient (Wildman–Crippen LogP) is 2.38. The van der Waals surface area contributed by atoms with Gasteiger partial charge in [0.25, 0.3) is 0 Å². The van der Waals surface area contributed by atoms with Crippen molar-refractivity contribution >= 4 is 34.0 Å². The largest absolute Gasteiger partial charge is 0.330 e. The standard InChI is InChI=1S/C14H18ClN3O2S.ClH/c15-14-8-13(4-3-12(14)9-17)21(19,20)18-7-1-2-11(10-18)5-6-16;/h3-4,8,11H,1-2,5-7,10,16H2;1H. The van der Waals surface area contributed by atoms with E-state index < -0.39 is 10.0 Å². The molecule has 122 valence electrons. The molecule has 8 heteroatoms. The number of piperidine rings is 1. The van der Waals surface area contributed by atoms with Crippen LogP contribution in [0.5, 0.6) is 0 Å². The van der Waals surface area contributed by atoms with E-state index in [4.69, 9.17) is 22.6 Å². The van der Waals surface area contributed by atoms with E-state index in [1.165, 1.54) is 22.5 Å². The minimum Gasteiger partial charge on any atom is -0.330 e. The average molecular weight is 364 g/mol.